The van der Waals surface area contributed by atoms with Crippen LogP contribution < -0.4 is 16.0 Å². The summed E-state index contributed by atoms with van der Waals surface area (Å²) in [6.07, 6.45) is 0. The van der Waals surface area contributed by atoms with E-state index in [0.29, 0.717) is 13.1 Å². The van der Waals surface area contributed by atoms with Crippen LogP contribution in [0, 0.1) is 0 Å². The summed E-state index contributed by atoms with van der Waals surface area (Å²) in [5.41, 5.74) is 1.46. The molecule has 5 nitrogen and oxygen atoms in total. The first-order chi connectivity index (χ1) is 12.3. The SMILES string of the molecule is O=C(CNCCNCCNCC(=O)c1ccccc1)c1ccccc1. The van der Waals surface area contributed by atoms with Crippen molar-refractivity contribution in [3.8, 4) is 0 Å². The van der Waals surface area contributed by atoms with Crippen molar-refractivity contribution in [2.24, 2.45) is 0 Å². The number of rotatable bonds is 12. The normalized spacial score (nSPS) is 10.6. The fourth-order valence-electron chi connectivity index (χ4n) is 2.33. The van der Waals surface area contributed by atoms with Crippen molar-refractivity contribution in [3.63, 3.8) is 0 Å². The van der Waals surface area contributed by atoms with E-state index < -0.39 is 0 Å². The fourth-order valence-corrected chi connectivity index (χ4v) is 2.33. The highest BCUT2D eigenvalue weighted by atomic mass is 16.1. The molecule has 0 aliphatic carbocycles. The number of carbonyl (C=O) groups excluding carboxylic acids is 2. The first-order valence-corrected chi connectivity index (χ1v) is 8.56. The molecule has 132 valence electrons. The van der Waals surface area contributed by atoms with Gasteiger partial charge in [0.2, 0.25) is 0 Å². The van der Waals surface area contributed by atoms with Gasteiger partial charge in [0.15, 0.2) is 11.6 Å². The largest absolute Gasteiger partial charge is 0.314 e. The number of benzene rings is 2. The molecule has 0 saturated heterocycles. The Morgan fingerprint density at radius 1 is 0.560 bits per heavy atom. The minimum Gasteiger partial charge on any atom is -0.314 e. The second-order valence-corrected chi connectivity index (χ2v) is 5.68. The Labute approximate surface area is 148 Å². The maximum Gasteiger partial charge on any atom is 0.176 e. The molecule has 0 bridgehead atoms. The number of hydrogen-bond donors (Lipinski definition) is 3. The summed E-state index contributed by atoms with van der Waals surface area (Å²) in [6, 6.07) is 18.6. The quantitative estimate of drug-likeness (QED) is 0.404. The van der Waals surface area contributed by atoms with Crippen LogP contribution in [-0.2, 0) is 0 Å². The molecule has 5 heteroatoms. The zero-order valence-corrected chi connectivity index (χ0v) is 14.3. The number of nitrogens with one attached hydrogen (secondary N) is 3. The molecule has 0 aromatic heterocycles. The molecule has 0 saturated carbocycles. The average Bonchev–Trinajstić information content (AvgIpc) is 2.67. The first-order valence-electron chi connectivity index (χ1n) is 8.56. The van der Waals surface area contributed by atoms with Gasteiger partial charge >= 0.3 is 0 Å². The van der Waals surface area contributed by atoms with Crippen LogP contribution in [0.25, 0.3) is 0 Å². The van der Waals surface area contributed by atoms with Gasteiger partial charge in [-0.15, -0.1) is 0 Å². The molecule has 0 spiro atoms. The van der Waals surface area contributed by atoms with Gasteiger partial charge in [-0.1, -0.05) is 60.7 Å². The topological polar surface area (TPSA) is 70.2 Å². The van der Waals surface area contributed by atoms with E-state index in [0.717, 1.165) is 37.3 Å². The number of Topliss-reactive ketones (excluding diaryl/α,β-unsaturated/α-hetero) is 2. The second kappa shape index (κ2) is 11.3. The highest BCUT2D eigenvalue weighted by Crippen LogP contribution is 1.99. The lowest BCUT2D eigenvalue weighted by Crippen LogP contribution is -2.35. The Balaban J connectivity index is 1.45. The van der Waals surface area contributed by atoms with Gasteiger partial charge in [0.25, 0.3) is 0 Å². The van der Waals surface area contributed by atoms with E-state index in [9.17, 15) is 9.59 Å². The lowest BCUT2D eigenvalue weighted by molar-refractivity contribution is 0.0984. The molecule has 0 amide bonds. The van der Waals surface area contributed by atoms with E-state index in [1.54, 1.807) is 0 Å². The van der Waals surface area contributed by atoms with Crippen molar-refractivity contribution in [2.75, 3.05) is 39.3 Å². The Hall–Kier alpha value is -2.34. The van der Waals surface area contributed by atoms with Crippen LogP contribution in [-0.4, -0.2) is 50.8 Å². The van der Waals surface area contributed by atoms with Crippen LogP contribution in [0.3, 0.4) is 0 Å². The molecule has 0 atom stereocenters. The molecule has 2 rings (SSSR count). The van der Waals surface area contributed by atoms with E-state index >= 15 is 0 Å². The Morgan fingerprint density at radius 3 is 1.32 bits per heavy atom. The molecule has 0 aliphatic heterocycles. The van der Waals surface area contributed by atoms with Crippen molar-refractivity contribution < 1.29 is 9.59 Å². The molecule has 25 heavy (non-hydrogen) atoms. The molecular formula is C20H25N3O2. The minimum absolute atomic E-state index is 0.0988. The van der Waals surface area contributed by atoms with Crippen LogP contribution >= 0.6 is 0 Å². The molecule has 0 fully saturated rings. The van der Waals surface area contributed by atoms with E-state index in [4.69, 9.17) is 0 Å². The van der Waals surface area contributed by atoms with Gasteiger partial charge in [0.05, 0.1) is 13.1 Å². The third-order valence-electron chi connectivity index (χ3n) is 3.72. The smallest absolute Gasteiger partial charge is 0.176 e. The summed E-state index contributed by atoms with van der Waals surface area (Å²) in [7, 11) is 0. The van der Waals surface area contributed by atoms with Gasteiger partial charge in [-0.05, 0) is 0 Å². The van der Waals surface area contributed by atoms with Crippen molar-refractivity contribution in [1.82, 2.24) is 16.0 Å². The zero-order valence-electron chi connectivity index (χ0n) is 14.3. The third kappa shape index (κ3) is 7.39. The van der Waals surface area contributed by atoms with Crippen molar-refractivity contribution in [1.29, 1.82) is 0 Å². The summed E-state index contributed by atoms with van der Waals surface area (Å²) in [6.45, 7) is 3.68. The molecule has 2 aromatic rings. The van der Waals surface area contributed by atoms with Crippen molar-refractivity contribution >= 4 is 11.6 Å². The highest BCUT2D eigenvalue weighted by molar-refractivity contribution is 5.98. The molecule has 2 aromatic carbocycles. The van der Waals surface area contributed by atoms with E-state index in [-0.39, 0.29) is 11.6 Å². The summed E-state index contributed by atoms with van der Waals surface area (Å²) in [4.78, 5) is 23.7. The Bertz CT molecular complexity index is 587. The van der Waals surface area contributed by atoms with Crippen LogP contribution in [0.5, 0.6) is 0 Å². The average molecular weight is 339 g/mol. The minimum atomic E-state index is 0.0988. The molecule has 0 heterocycles. The lowest BCUT2D eigenvalue weighted by Gasteiger charge is -2.07. The van der Waals surface area contributed by atoms with Crippen LogP contribution in [0.1, 0.15) is 20.7 Å². The number of carbonyl (C=O) groups is 2. The van der Waals surface area contributed by atoms with Crippen LogP contribution in [0.15, 0.2) is 60.7 Å². The molecule has 3 N–H and O–H groups in total. The van der Waals surface area contributed by atoms with E-state index in [1.807, 2.05) is 60.7 Å². The van der Waals surface area contributed by atoms with Crippen LogP contribution in [0.4, 0.5) is 0 Å². The second-order valence-electron chi connectivity index (χ2n) is 5.68. The third-order valence-corrected chi connectivity index (χ3v) is 3.72. The predicted octanol–water partition coefficient (Wildman–Crippen LogP) is 1.52. The fraction of sp³-hybridized carbons (Fsp3) is 0.300. The van der Waals surface area contributed by atoms with Crippen molar-refractivity contribution in [3.05, 3.63) is 71.8 Å². The zero-order chi connectivity index (χ0) is 17.7. The van der Waals surface area contributed by atoms with Gasteiger partial charge in [-0.25, -0.2) is 0 Å². The Morgan fingerprint density at radius 2 is 0.920 bits per heavy atom. The molecule has 0 aliphatic rings. The highest BCUT2D eigenvalue weighted by Gasteiger charge is 2.04. The lowest BCUT2D eigenvalue weighted by atomic mass is 10.1. The monoisotopic (exact) mass is 339 g/mol. The standard InChI is InChI=1S/C20H25N3O2/c24-19(17-7-3-1-4-8-17)15-22-13-11-21-12-14-23-16-20(25)18-9-5-2-6-10-18/h1-10,21-23H,11-16H2. The summed E-state index contributed by atoms with van der Waals surface area (Å²) >= 11 is 0. The van der Waals surface area contributed by atoms with Gasteiger partial charge in [0, 0.05) is 37.3 Å². The van der Waals surface area contributed by atoms with Crippen molar-refractivity contribution in [2.45, 2.75) is 0 Å². The number of ketones is 2. The maximum atomic E-state index is 11.9. The maximum absolute atomic E-state index is 11.9. The molecular weight excluding hydrogens is 314 g/mol. The van der Waals surface area contributed by atoms with Crippen LogP contribution in [0.2, 0.25) is 0 Å². The number of hydrogen-bond acceptors (Lipinski definition) is 5. The summed E-state index contributed by atoms with van der Waals surface area (Å²) in [5.74, 6) is 0.198. The van der Waals surface area contributed by atoms with E-state index in [2.05, 4.69) is 16.0 Å². The van der Waals surface area contributed by atoms with E-state index in [1.165, 1.54) is 0 Å². The first kappa shape index (κ1) is 19.0. The summed E-state index contributed by atoms with van der Waals surface area (Å²) in [5, 5.41) is 9.52. The van der Waals surface area contributed by atoms with Gasteiger partial charge < -0.3 is 16.0 Å². The van der Waals surface area contributed by atoms with Gasteiger partial charge in [-0.3, -0.25) is 9.59 Å². The predicted molar refractivity (Wildman–Crippen MR) is 100 cm³/mol. The van der Waals surface area contributed by atoms with Gasteiger partial charge in [-0.2, -0.15) is 0 Å². The Kier molecular flexibility index (Phi) is 8.55. The molecule has 0 radical (unpaired) electrons. The van der Waals surface area contributed by atoms with Gasteiger partial charge in [0.1, 0.15) is 0 Å². The summed E-state index contributed by atoms with van der Waals surface area (Å²) < 4.78 is 0. The molecule has 0 unspecified atom stereocenters.